The SMILES string of the molecule is Cc1cc(F)c(Br)cc1N1C(=O)C2CC=CCC2C1=O. The van der Waals surface area contributed by atoms with E-state index in [4.69, 9.17) is 0 Å². The second kappa shape index (κ2) is 4.81. The van der Waals surface area contributed by atoms with Crippen LogP contribution in [-0.4, -0.2) is 11.8 Å². The predicted molar refractivity (Wildman–Crippen MR) is 76.7 cm³/mol. The molecule has 1 aromatic rings. The van der Waals surface area contributed by atoms with Crippen LogP contribution in [0, 0.1) is 24.6 Å². The van der Waals surface area contributed by atoms with E-state index in [1.54, 1.807) is 6.92 Å². The highest BCUT2D eigenvalue weighted by Gasteiger charge is 2.48. The van der Waals surface area contributed by atoms with Gasteiger partial charge in [0.2, 0.25) is 11.8 Å². The number of benzene rings is 1. The summed E-state index contributed by atoms with van der Waals surface area (Å²) in [6, 6.07) is 2.84. The molecule has 104 valence electrons. The van der Waals surface area contributed by atoms with E-state index in [0.717, 1.165) is 0 Å². The number of allylic oxidation sites excluding steroid dienone is 2. The van der Waals surface area contributed by atoms with E-state index in [2.05, 4.69) is 15.9 Å². The number of fused-ring (bicyclic) bond motifs is 1. The molecule has 0 aromatic heterocycles. The van der Waals surface area contributed by atoms with Crippen LogP contribution in [0.1, 0.15) is 18.4 Å². The maximum Gasteiger partial charge on any atom is 0.238 e. The number of carbonyl (C=O) groups is 2. The fourth-order valence-electron chi connectivity index (χ4n) is 2.91. The zero-order chi connectivity index (χ0) is 14.4. The van der Waals surface area contributed by atoms with Crippen LogP contribution < -0.4 is 4.90 Å². The number of imide groups is 1. The Bertz CT molecular complexity index is 615. The Labute approximate surface area is 124 Å². The first-order valence-electron chi connectivity index (χ1n) is 6.49. The molecule has 1 aliphatic carbocycles. The van der Waals surface area contributed by atoms with Crippen molar-refractivity contribution in [2.45, 2.75) is 19.8 Å². The third-order valence-electron chi connectivity index (χ3n) is 3.99. The Balaban J connectivity index is 2.05. The summed E-state index contributed by atoms with van der Waals surface area (Å²) in [5.74, 6) is -1.28. The van der Waals surface area contributed by atoms with Crippen molar-refractivity contribution in [3.63, 3.8) is 0 Å². The van der Waals surface area contributed by atoms with Crippen LogP contribution in [0.3, 0.4) is 0 Å². The number of rotatable bonds is 1. The van der Waals surface area contributed by atoms with Gasteiger partial charge in [-0.05, 0) is 53.4 Å². The second-order valence-corrected chi connectivity index (χ2v) is 6.07. The minimum atomic E-state index is -0.399. The zero-order valence-corrected chi connectivity index (χ0v) is 12.5. The third kappa shape index (κ3) is 1.92. The molecule has 2 aliphatic rings. The summed E-state index contributed by atoms with van der Waals surface area (Å²) in [7, 11) is 0. The van der Waals surface area contributed by atoms with Crippen molar-refractivity contribution in [3.05, 3.63) is 40.1 Å². The monoisotopic (exact) mass is 337 g/mol. The van der Waals surface area contributed by atoms with Crippen molar-refractivity contribution < 1.29 is 14.0 Å². The molecule has 1 fully saturated rings. The van der Waals surface area contributed by atoms with Gasteiger partial charge in [0, 0.05) is 0 Å². The van der Waals surface area contributed by atoms with Gasteiger partial charge in [0.15, 0.2) is 0 Å². The maximum atomic E-state index is 13.5. The molecule has 0 spiro atoms. The van der Waals surface area contributed by atoms with Gasteiger partial charge >= 0.3 is 0 Å². The summed E-state index contributed by atoms with van der Waals surface area (Å²) in [4.78, 5) is 26.1. The van der Waals surface area contributed by atoms with Crippen LogP contribution in [0.25, 0.3) is 0 Å². The Kier molecular flexibility index (Phi) is 3.24. The molecule has 0 saturated carbocycles. The van der Waals surface area contributed by atoms with Crippen LogP contribution in [0.4, 0.5) is 10.1 Å². The first-order valence-corrected chi connectivity index (χ1v) is 7.28. The minimum Gasteiger partial charge on any atom is -0.274 e. The van der Waals surface area contributed by atoms with Crippen LogP contribution >= 0.6 is 15.9 Å². The summed E-state index contributed by atoms with van der Waals surface area (Å²) < 4.78 is 13.7. The number of carbonyl (C=O) groups excluding carboxylic acids is 2. The van der Waals surface area contributed by atoms with Crippen LogP contribution in [-0.2, 0) is 9.59 Å². The Morgan fingerprint density at radius 1 is 1.15 bits per heavy atom. The van der Waals surface area contributed by atoms with Crippen molar-refractivity contribution in [3.8, 4) is 0 Å². The molecule has 1 saturated heterocycles. The smallest absolute Gasteiger partial charge is 0.238 e. The molecule has 3 nitrogen and oxygen atoms in total. The normalized spacial score (nSPS) is 25.2. The van der Waals surface area contributed by atoms with Gasteiger partial charge in [0.05, 0.1) is 22.0 Å². The summed E-state index contributed by atoms with van der Waals surface area (Å²) in [5.41, 5.74) is 1.06. The summed E-state index contributed by atoms with van der Waals surface area (Å²) in [6.45, 7) is 1.70. The molecule has 0 N–H and O–H groups in total. The molecule has 1 aromatic carbocycles. The molecule has 1 heterocycles. The Hall–Kier alpha value is -1.49. The first-order chi connectivity index (χ1) is 9.50. The molecule has 1 aliphatic heterocycles. The molecule has 2 unspecified atom stereocenters. The number of hydrogen-bond donors (Lipinski definition) is 0. The minimum absolute atomic E-state index is 0.175. The molecule has 20 heavy (non-hydrogen) atoms. The van der Waals surface area contributed by atoms with Gasteiger partial charge in [0.1, 0.15) is 5.82 Å². The molecule has 2 amide bonds. The van der Waals surface area contributed by atoms with Gasteiger partial charge in [-0.25, -0.2) is 9.29 Å². The highest BCUT2D eigenvalue weighted by atomic mass is 79.9. The van der Waals surface area contributed by atoms with E-state index in [1.165, 1.54) is 17.0 Å². The average Bonchev–Trinajstić information content (AvgIpc) is 2.68. The van der Waals surface area contributed by atoms with Crippen molar-refractivity contribution in [1.29, 1.82) is 0 Å². The summed E-state index contributed by atoms with van der Waals surface area (Å²) in [5, 5.41) is 0. The number of aryl methyl sites for hydroxylation is 1. The number of halogens is 2. The van der Waals surface area contributed by atoms with Gasteiger partial charge in [-0.2, -0.15) is 0 Å². The summed E-state index contributed by atoms with van der Waals surface area (Å²) >= 11 is 3.11. The summed E-state index contributed by atoms with van der Waals surface area (Å²) in [6.07, 6.45) is 5.10. The molecule has 5 heteroatoms. The molecular weight excluding hydrogens is 325 g/mol. The average molecular weight is 338 g/mol. The Morgan fingerprint density at radius 3 is 2.25 bits per heavy atom. The molecular formula is C15H13BrFNO2. The largest absolute Gasteiger partial charge is 0.274 e. The van der Waals surface area contributed by atoms with E-state index in [-0.39, 0.29) is 28.1 Å². The standard InChI is InChI=1S/C15H13BrFNO2/c1-8-6-12(17)11(16)7-13(8)18-14(19)9-4-2-3-5-10(9)15(18)20/h2-3,6-7,9-10H,4-5H2,1H3. The lowest BCUT2D eigenvalue weighted by atomic mass is 9.85. The maximum absolute atomic E-state index is 13.5. The van der Waals surface area contributed by atoms with Gasteiger partial charge in [0.25, 0.3) is 0 Å². The lowest BCUT2D eigenvalue weighted by Gasteiger charge is -2.18. The first kappa shape index (κ1) is 13.5. The van der Waals surface area contributed by atoms with Crippen LogP contribution in [0.15, 0.2) is 28.8 Å². The van der Waals surface area contributed by atoms with Gasteiger partial charge in [-0.15, -0.1) is 0 Å². The van der Waals surface area contributed by atoms with Crippen molar-refractivity contribution in [2.24, 2.45) is 11.8 Å². The lowest BCUT2D eigenvalue weighted by molar-refractivity contribution is -0.122. The van der Waals surface area contributed by atoms with Gasteiger partial charge in [-0.1, -0.05) is 12.2 Å². The van der Waals surface area contributed by atoms with E-state index < -0.39 is 5.82 Å². The number of hydrogen-bond acceptors (Lipinski definition) is 2. The van der Waals surface area contributed by atoms with Crippen molar-refractivity contribution in [2.75, 3.05) is 4.90 Å². The van der Waals surface area contributed by atoms with Crippen LogP contribution in [0.5, 0.6) is 0 Å². The van der Waals surface area contributed by atoms with Crippen molar-refractivity contribution >= 4 is 33.4 Å². The predicted octanol–water partition coefficient (Wildman–Crippen LogP) is 3.35. The molecule has 0 bridgehead atoms. The van der Waals surface area contributed by atoms with E-state index in [0.29, 0.717) is 24.1 Å². The highest BCUT2D eigenvalue weighted by Crippen LogP contribution is 2.39. The van der Waals surface area contributed by atoms with E-state index in [1.807, 2.05) is 12.2 Å². The topological polar surface area (TPSA) is 37.4 Å². The second-order valence-electron chi connectivity index (χ2n) is 5.22. The highest BCUT2D eigenvalue weighted by molar-refractivity contribution is 9.10. The molecule has 2 atom stereocenters. The van der Waals surface area contributed by atoms with Crippen LogP contribution in [0.2, 0.25) is 0 Å². The number of amides is 2. The van der Waals surface area contributed by atoms with Crippen molar-refractivity contribution in [1.82, 2.24) is 0 Å². The van der Waals surface area contributed by atoms with Gasteiger partial charge < -0.3 is 0 Å². The number of anilines is 1. The lowest BCUT2D eigenvalue weighted by Crippen LogP contribution is -2.31. The van der Waals surface area contributed by atoms with Gasteiger partial charge in [-0.3, -0.25) is 9.59 Å². The Morgan fingerprint density at radius 2 is 1.70 bits per heavy atom. The van der Waals surface area contributed by atoms with E-state index in [9.17, 15) is 14.0 Å². The fraction of sp³-hybridized carbons (Fsp3) is 0.333. The molecule has 3 rings (SSSR count). The quantitative estimate of drug-likeness (QED) is 0.582. The number of nitrogens with zero attached hydrogens (tertiary/aromatic N) is 1. The third-order valence-corrected chi connectivity index (χ3v) is 4.60. The van der Waals surface area contributed by atoms with E-state index >= 15 is 0 Å². The fourth-order valence-corrected chi connectivity index (χ4v) is 3.25. The molecule has 0 radical (unpaired) electrons. The zero-order valence-electron chi connectivity index (χ0n) is 10.9.